The van der Waals surface area contributed by atoms with Gasteiger partial charge < -0.3 is 29.2 Å². The fourth-order valence-corrected chi connectivity index (χ4v) is 3.93. The molecule has 2 aliphatic rings. The SMILES string of the molecule is Cc1ccc([C@H]2OC[C@H]3O[C@@H](c4ccc(C)c(C)c4)O[C@@H]([C@@H](O)CO)[C@@H]3O2)cc1C. The van der Waals surface area contributed by atoms with Crippen LogP contribution < -0.4 is 0 Å². The van der Waals surface area contributed by atoms with E-state index >= 15 is 0 Å². The molecule has 2 aromatic rings. The molecular formula is C24H30O6. The Morgan fingerprint density at radius 3 is 2.00 bits per heavy atom. The Morgan fingerprint density at radius 1 is 0.833 bits per heavy atom. The number of fused-ring (bicyclic) bond motifs is 1. The van der Waals surface area contributed by atoms with Gasteiger partial charge in [-0.3, -0.25) is 0 Å². The van der Waals surface area contributed by atoms with Crippen LogP contribution in [0.2, 0.25) is 0 Å². The minimum atomic E-state index is -1.09. The van der Waals surface area contributed by atoms with Crippen molar-refractivity contribution in [3.63, 3.8) is 0 Å². The zero-order valence-corrected chi connectivity index (χ0v) is 17.9. The molecule has 0 bridgehead atoms. The number of ether oxygens (including phenoxy) is 4. The average Bonchev–Trinajstić information content (AvgIpc) is 2.75. The summed E-state index contributed by atoms with van der Waals surface area (Å²) in [5.74, 6) is 0. The van der Waals surface area contributed by atoms with E-state index in [4.69, 9.17) is 18.9 Å². The molecule has 4 rings (SSSR count). The molecule has 0 aliphatic carbocycles. The van der Waals surface area contributed by atoms with E-state index in [0.29, 0.717) is 6.61 Å². The van der Waals surface area contributed by atoms with Crippen LogP contribution in [0.15, 0.2) is 36.4 Å². The zero-order chi connectivity index (χ0) is 21.4. The van der Waals surface area contributed by atoms with Gasteiger partial charge in [-0.1, -0.05) is 36.4 Å². The smallest absolute Gasteiger partial charge is 0.184 e. The molecule has 0 aromatic heterocycles. The lowest BCUT2D eigenvalue weighted by Gasteiger charge is -2.47. The second-order valence-electron chi connectivity index (χ2n) is 8.31. The van der Waals surface area contributed by atoms with E-state index < -0.39 is 43.6 Å². The van der Waals surface area contributed by atoms with Crippen molar-refractivity contribution in [1.82, 2.24) is 0 Å². The van der Waals surface area contributed by atoms with E-state index in [0.717, 1.165) is 22.3 Å². The monoisotopic (exact) mass is 414 g/mol. The molecule has 6 atom stereocenters. The van der Waals surface area contributed by atoms with E-state index in [2.05, 4.69) is 6.92 Å². The molecule has 6 nitrogen and oxygen atoms in total. The van der Waals surface area contributed by atoms with Crippen LogP contribution in [-0.2, 0) is 18.9 Å². The van der Waals surface area contributed by atoms with Gasteiger partial charge in [0.15, 0.2) is 12.6 Å². The van der Waals surface area contributed by atoms with Gasteiger partial charge in [0.25, 0.3) is 0 Å². The Balaban J connectivity index is 1.57. The van der Waals surface area contributed by atoms with E-state index in [1.807, 2.05) is 57.2 Å². The van der Waals surface area contributed by atoms with Crippen LogP contribution in [0.4, 0.5) is 0 Å². The first-order valence-corrected chi connectivity index (χ1v) is 10.4. The number of hydrogen-bond donors (Lipinski definition) is 2. The maximum Gasteiger partial charge on any atom is 0.184 e. The zero-order valence-electron chi connectivity index (χ0n) is 17.9. The van der Waals surface area contributed by atoms with Crippen LogP contribution >= 0.6 is 0 Å². The van der Waals surface area contributed by atoms with E-state index in [-0.39, 0.29) is 0 Å². The maximum atomic E-state index is 10.5. The third kappa shape index (κ3) is 4.17. The van der Waals surface area contributed by atoms with E-state index in [1.165, 1.54) is 11.1 Å². The van der Waals surface area contributed by atoms with Crippen molar-refractivity contribution in [3.05, 3.63) is 69.8 Å². The second kappa shape index (κ2) is 8.75. The summed E-state index contributed by atoms with van der Waals surface area (Å²) in [6, 6.07) is 12.1. The summed E-state index contributed by atoms with van der Waals surface area (Å²) >= 11 is 0. The summed E-state index contributed by atoms with van der Waals surface area (Å²) in [5.41, 5.74) is 6.43. The van der Waals surface area contributed by atoms with Crippen molar-refractivity contribution in [2.75, 3.05) is 13.2 Å². The molecule has 0 unspecified atom stereocenters. The normalized spacial score (nSPS) is 30.0. The fraction of sp³-hybridized carbons (Fsp3) is 0.500. The lowest BCUT2D eigenvalue weighted by Crippen LogP contribution is -2.58. The number of benzene rings is 2. The van der Waals surface area contributed by atoms with Gasteiger partial charge in [0, 0.05) is 11.1 Å². The molecule has 2 saturated heterocycles. The van der Waals surface area contributed by atoms with Crippen LogP contribution in [0.3, 0.4) is 0 Å². The standard InChI is InChI=1S/C24H30O6/c1-13-5-7-17(9-15(13)3)23-27-12-20-22(30-23)21(19(26)11-25)29-24(28-20)18-8-6-14(2)16(4)10-18/h5-10,19-26H,11-12H2,1-4H3/t19-,20+,21-,22+,23-,24+/m0/s1. The lowest BCUT2D eigenvalue weighted by atomic mass is 9.98. The van der Waals surface area contributed by atoms with Crippen molar-refractivity contribution in [2.45, 2.75) is 64.7 Å². The molecule has 2 N–H and O–H groups in total. The largest absolute Gasteiger partial charge is 0.394 e. The number of hydrogen-bond acceptors (Lipinski definition) is 6. The summed E-state index contributed by atoms with van der Waals surface area (Å²) in [7, 11) is 0. The molecular weight excluding hydrogens is 384 g/mol. The molecule has 0 radical (unpaired) electrons. The van der Waals surface area contributed by atoms with Crippen LogP contribution in [0.1, 0.15) is 46.0 Å². The minimum Gasteiger partial charge on any atom is -0.394 e. The van der Waals surface area contributed by atoms with E-state index in [9.17, 15) is 10.2 Å². The average molecular weight is 414 g/mol. The lowest BCUT2D eigenvalue weighted by molar-refractivity contribution is -0.373. The van der Waals surface area contributed by atoms with Gasteiger partial charge in [-0.25, -0.2) is 0 Å². The third-order valence-corrected chi connectivity index (χ3v) is 6.13. The summed E-state index contributed by atoms with van der Waals surface area (Å²) in [5, 5.41) is 20.1. The van der Waals surface area contributed by atoms with Crippen LogP contribution in [0.25, 0.3) is 0 Å². The van der Waals surface area contributed by atoms with Crippen LogP contribution in [0, 0.1) is 27.7 Å². The number of aliphatic hydroxyl groups is 2. The summed E-state index contributed by atoms with van der Waals surface area (Å²) < 4.78 is 24.4. The molecule has 2 aliphatic heterocycles. The highest BCUT2D eigenvalue weighted by atomic mass is 16.8. The molecule has 2 aromatic carbocycles. The second-order valence-corrected chi connectivity index (χ2v) is 8.31. The number of rotatable bonds is 4. The minimum absolute atomic E-state index is 0.307. The van der Waals surface area contributed by atoms with Gasteiger partial charge in [0.1, 0.15) is 24.4 Å². The van der Waals surface area contributed by atoms with Gasteiger partial charge in [-0.15, -0.1) is 0 Å². The predicted molar refractivity (Wildman–Crippen MR) is 111 cm³/mol. The van der Waals surface area contributed by atoms with Gasteiger partial charge >= 0.3 is 0 Å². The molecule has 162 valence electrons. The molecule has 0 amide bonds. The summed E-state index contributed by atoms with van der Waals surface area (Å²) in [6.45, 7) is 8.07. The van der Waals surface area contributed by atoms with E-state index in [1.54, 1.807) is 0 Å². The number of aliphatic hydroxyl groups excluding tert-OH is 2. The van der Waals surface area contributed by atoms with Crippen LogP contribution in [0.5, 0.6) is 0 Å². The first-order chi connectivity index (χ1) is 14.4. The first-order valence-electron chi connectivity index (χ1n) is 10.4. The Kier molecular flexibility index (Phi) is 6.25. The first kappa shape index (κ1) is 21.4. The Labute approximate surface area is 177 Å². The molecule has 6 heteroatoms. The van der Waals surface area contributed by atoms with Gasteiger partial charge in [-0.05, 0) is 49.9 Å². The predicted octanol–water partition coefficient (Wildman–Crippen LogP) is 3.17. The van der Waals surface area contributed by atoms with Crippen molar-refractivity contribution >= 4 is 0 Å². The highest BCUT2D eigenvalue weighted by Crippen LogP contribution is 2.39. The molecule has 30 heavy (non-hydrogen) atoms. The Morgan fingerprint density at radius 2 is 1.43 bits per heavy atom. The van der Waals surface area contributed by atoms with Crippen molar-refractivity contribution in [3.8, 4) is 0 Å². The van der Waals surface area contributed by atoms with Gasteiger partial charge in [-0.2, -0.15) is 0 Å². The highest BCUT2D eigenvalue weighted by molar-refractivity contribution is 5.32. The molecule has 2 heterocycles. The van der Waals surface area contributed by atoms with Gasteiger partial charge in [0.05, 0.1) is 13.2 Å². The third-order valence-electron chi connectivity index (χ3n) is 6.13. The highest BCUT2D eigenvalue weighted by Gasteiger charge is 2.48. The molecule has 0 saturated carbocycles. The maximum absolute atomic E-state index is 10.5. The molecule has 2 fully saturated rings. The topological polar surface area (TPSA) is 77.4 Å². The van der Waals surface area contributed by atoms with Crippen molar-refractivity contribution < 1.29 is 29.2 Å². The fourth-order valence-electron chi connectivity index (χ4n) is 3.93. The summed E-state index contributed by atoms with van der Waals surface area (Å²) in [6.07, 6.45) is -4.05. The molecule has 0 spiro atoms. The quantitative estimate of drug-likeness (QED) is 0.800. The van der Waals surface area contributed by atoms with Crippen molar-refractivity contribution in [2.24, 2.45) is 0 Å². The van der Waals surface area contributed by atoms with Gasteiger partial charge in [0.2, 0.25) is 0 Å². The Bertz CT molecular complexity index is 895. The summed E-state index contributed by atoms with van der Waals surface area (Å²) in [4.78, 5) is 0. The number of aryl methyl sites for hydroxylation is 4. The van der Waals surface area contributed by atoms with Crippen molar-refractivity contribution in [1.29, 1.82) is 0 Å². The Hall–Kier alpha value is -1.80. The van der Waals surface area contributed by atoms with Crippen LogP contribution in [-0.4, -0.2) is 47.8 Å².